The van der Waals surface area contributed by atoms with E-state index in [1.807, 2.05) is 36.0 Å². The van der Waals surface area contributed by atoms with Crippen LogP contribution in [0.25, 0.3) is 11.0 Å². The van der Waals surface area contributed by atoms with Crippen LogP contribution in [0, 0.1) is 11.3 Å². The number of likely N-dealkylation sites (tertiary alicyclic amines) is 1. The third-order valence-electron chi connectivity index (χ3n) is 7.92. The topological polar surface area (TPSA) is 114 Å². The Morgan fingerprint density at radius 1 is 1.02 bits per heavy atom. The molecule has 0 N–H and O–H groups in total. The summed E-state index contributed by atoms with van der Waals surface area (Å²) in [5.41, 5.74) is 6.98. The normalized spacial score (nSPS) is 14.0. The Bertz CT molecular complexity index is 1800. The summed E-state index contributed by atoms with van der Waals surface area (Å²) >= 11 is 1.60. The molecule has 0 amide bonds. The minimum atomic E-state index is -0.368. The van der Waals surface area contributed by atoms with Gasteiger partial charge in [0.1, 0.15) is 5.82 Å². The Hall–Kier alpha value is -4.72. The Morgan fingerprint density at radius 3 is 2.53 bits per heavy atom. The van der Waals surface area contributed by atoms with Gasteiger partial charge < -0.3 is 9.30 Å². The minimum absolute atomic E-state index is 0.0103. The lowest BCUT2D eigenvalue weighted by atomic mass is 9.92. The molecule has 0 atom stereocenters. The molecular weight excluding hydrogens is 560 g/mol. The molecule has 6 rings (SSSR count). The number of hydrogen-bond donors (Lipinski definition) is 0. The molecule has 43 heavy (non-hydrogen) atoms. The van der Waals surface area contributed by atoms with Crippen molar-refractivity contribution in [1.29, 1.82) is 5.26 Å². The van der Waals surface area contributed by atoms with E-state index in [2.05, 4.69) is 26.6 Å². The molecule has 1 aliphatic heterocycles. The van der Waals surface area contributed by atoms with E-state index in [1.165, 1.54) is 7.11 Å². The molecule has 1 aliphatic rings. The zero-order valence-corrected chi connectivity index (χ0v) is 24.6. The van der Waals surface area contributed by atoms with Crippen LogP contribution in [0.5, 0.6) is 0 Å². The van der Waals surface area contributed by atoms with Crippen LogP contribution >= 0.6 is 11.3 Å². The lowest BCUT2D eigenvalue weighted by molar-refractivity contribution is 0.0600. The van der Waals surface area contributed by atoms with Crippen molar-refractivity contribution in [3.8, 4) is 6.07 Å². The first-order chi connectivity index (χ1) is 21.0. The maximum Gasteiger partial charge on any atom is 0.337 e. The van der Waals surface area contributed by atoms with E-state index in [4.69, 9.17) is 20.0 Å². The highest BCUT2D eigenvalue weighted by Gasteiger charge is 2.24. The van der Waals surface area contributed by atoms with E-state index in [9.17, 15) is 9.59 Å². The molecule has 10 heteroatoms. The molecule has 1 fully saturated rings. The summed E-state index contributed by atoms with van der Waals surface area (Å²) in [6.07, 6.45) is 4.02. The summed E-state index contributed by atoms with van der Waals surface area (Å²) in [6, 6.07) is 20.2. The molecule has 216 valence electrons. The maximum atomic E-state index is 12.8. The van der Waals surface area contributed by atoms with E-state index in [0.717, 1.165) is 59.1 Å². The lowest BCUT2D eigenvalue weighted by Crippen LogP contribution is -2.33. The summed E-state index contributed by atoms with van der Waals surface area (Å²) in [4.78, 5) is 42.6. The van der Waals surface area contributed by atoms with Crippen molar-refractivity contribution in [3.05, 3.63) is 111 Å². The summed E-state index contributed by atoms with van der Waals surface area (Å²) in [5, 5.41) is 9.00. The van der Waals surface area contributed by atoms with Crippen LogP contribution in [0.3, 0.4) is 0 Å². The molecule has 0 bridgehead atoms. The standard InChI is InChI=1S/C33H30N6O3S/c1-42-33(41)25-9-10-29-30(15-25)39(19-27-18-35-21-43-27)32(37-29)20-38-13-11-23(12-14-38)28-4-2-3-26(36-28)16-31(40)24-7-5-22(17-34)6-8-24/h2-10,15,18,21,23H,11-14,16,19-20H2,1H3. The van der Waals surface area contributed by atoms with Crippen LogP contribution in [0.1, 0.15) is 67.1 Å². The average Bonchev–Trinajstić information content (AvgIpc) is 3.69. The molecule has 0 saturated carbocycles. The number of aromatic nitrogens is 4. The van der Waals surface area contributed by atoms with Crippen molar-refractivity contribution >= 4 is 34.1 Å². The van der Waals surface area contributed by atoms with Gasteiger partial charge in [0.2, 0.25) is 0 Å². The molecule has 9 nitrogen and oxygen atoms in total. The second-order valence-electron chi connectivity index (χ2n) is 10.7. The number of carbonyl (C=O) groups excluding carboxylic acids is 2. The van der Waals surface area contributed by atoms with Gasteiger partial charge in [-0.1, -0.05) is 18.2 Å². The molecule has 4 heterocycles. The zero-order valence-electron chi connectivity index (χ0n) is 23.8. The number of thiazole rings is 1. The van der Waals surface area contributed by atoms with Crippen LogP contribution < -0.4 is 0 Å². The predicted molar refractivity (Wildman–Crippen MR) is 163 cm³/mol. The summed E-state index contributed by atoms with van der Waals surface area (Å²) in [5.74, 6) is 0.890. The highest BCUT2D eigenvalue weighted by atomic mass is 32.1. The Kier molecular flexibility index (Phi) is 8.36. The van der Waals surface area contributed by atoms with E-state index in [0.29, 0.717) is 35.7 Å². The number of ketones is 1. The first-order valence-corrected chi connectivity index (χ1v) is 15.0. The zero-order chi connectivity index (χ0) is 29.8. The van der Waals surface area contributed by atoms with Gasteiger partial charge in [0, 0.05) is 33.9 Å². The number of methoxy groups -OCH3 is 1. The van der Waals surface area contributed by atoms with Gasteiger partial charge in [-0.3, -0.25) is 19.7 Å². The summed E-state index contributed by atoms with van der Waals surface area (Å²) < 4.78 is 7.12. The molecule has 1 saturated heterocycles. The summed E-state index contributed by atoms with van der Waals surface area (Å²) in [7, 11) is 1.39. The second-order valence-corrected chi connectivity index (χ2v) is 11.6. The number of hydrogen-bond acceptors (Lipinski definition) is 9. The Balaban J connectivity index is 1.14. The minimum Gasteiger partial charge on any atom is -0.465 e. The average molecular weight is 591 g/mol. The SMILES string of the molecule is COC(=O)c1ccc2nc(CN3CCC(c4cccc(CC(=O)c5ccc(C#N)cc5)n4)CC3)n(Cc3cncs3)c2c1. The van der Waals surface area contributed by atoms with Gasteiger partial charge in [-0.15, -0.1) is 11.3 Å². The number of esters is 1. The number of imidazole rings is 1. The van der Waals surface area contributed by atoms with Crippen molar-refractivity contribution in [1.82, 2.24) is 24.4 Å². The van der Waals surface area contributed by atoms with Crippen LogP contribution in [0.2, 0.25) is 0 Å². The third kappa shape index (κ3) is 6.38. The van der Waals surface area contributed by atoms with Crippen LogP contribution in [0.15, 0.2) is 72.4 Å². The smallest absolute Gasteiger partial charge is 0.337 e. The number of fused-ring (bicyclic) bond motifs is 1. The largest absolute Gasteiger partial charge is 0.465 e. The lowest BCUT2D eigenvalue weighted by Gasteiger charge is -2.31. The highest BCUT2D eigenvalue weighted by molar-refractivity contribution is 7.09. The molecular formula is C33H30N6O3S. The number of nitriles is 1. The monoisotopic (exact) mass is 590 g/mol. The number of pyridine rings is 1. The molecule has 0 radical (unpaired) electrons. The fourth-order valence-corrected chi connectivity index (χ4v) is 6.18. The fourth-order valence-electron chi connectivity index (χ4n) is 5.60. The van der Waals surface area contributed by atoms with E-state index >= 15 is 0 Å². The van der Waals surface area contributed by atoms with Crippen LogP contribution in [0.4, 0.5) is 0 Å². The highest BCUT2D eigenvalue weighted by Crippen LogP contribution is 2.29. The van der Waals surface area contributed by atoms with Crippen LogP contribution in [-0.4, -0.2) is 56.4 Å². The number of carbonyl (C=O) groups is 2. The van der Waals surface area contributed by atoms with Gasteiger partial charge in [-0.25, -0.2) is 9.78 Å². The van der Waals surface area contributed by atoms with Crippen molar-refractivity contribution in [3.63, 3.8) is 0 Å². The predicted octanol–water partition coefficient (Wildman–Crippen LogP) is 5.40. The Labute approximate surface area is 253 Å². The Morgan fingerprint density at radius 2 is 1.81 bits per heavy atom. The molecule has 2 aromatic carbocycles. The number of piperidine rings is 1. The number of Topliss-reactive ketones (excluding diaryl/α,β-unsaturated/α-hetero) is 1. The van der Waals surface area contributed by atoms with Gasteiger partial charge in [0.05, 0.1) is 60.4 Å². The molecule has 0 unspecified atom stereocenters. The quantitative estimate of drug-likeness (QED) is 0.166. The number of rotatable bonds is 9. The van der Waals surface area contributed by atoms with Gasteiger partial charge in [-0.05, 0) is 68.4 Å². The fraction of sp³-hybridized carbons (Fsp3) is 0.273. The van der Waals surface area contributed by atoms with Gasteiger partial charge in [0.15, 0.2) is 5.78 Å². The molecule has 0 aliphatic carbocycles. The third-order valence-corrected chi connectivity index (χ3v) is 8.69. The number of benzene rings is 2. The van der Waals surface area contributed by atoms with E-state index in [1.54, 1.807) is 41.7 Å². The van der Waals surface area contributed by atoms with Gasteiger partial charge >= 0.3 is 5.97 Å². The first-order valence-electron chi connectivity index (χ1n) is 14.2. The maximum absolute atomic E-state index is 12.8. The second kappa shape index (κ2) is 12.7. The summed E-state index contributed by atoms with van der Waals surface area (Å²) in [6.45, 7) is 3.13. The van der Waals surface area contributed by atoms with E-state index in [-0.39, 0.29) is 18.2 Å². The molecule has 3 aromatic heterocycles. The van der Waals surface area contributed by atoms with Gasteiger partial charge in [0.25, 0.3) is 0 Å². The first kappa shape index (κ1) is 28.4. The van der Waals surface area contributed by atoms with Crippen molar-refractivity contribution < 1.29 is 14.3 Å². The molecule has 5 aromatic rings. The van der Waals surface area contributed by atoms with Gasteiger partial charge in [-0.2, -0.15) is 5.26 Å². The van der Waals surface area contributed by atoms with E-state index < -0.39 is 0 Å². The number of nitrogens with zero attached hydrogens (tertiary/aromatic N) is 6. The van der Waals surface area contributed by atoms with Crippen molar-refractivity contribution in [2.45, 2.75) is 38.3 Å². The van der Waals surface area contributed by atoms with Crippen molar-refractivity contribution in [2.24, 2.45) is 0 Å². The molecule has 0 spiro atoms. The van der Waals surface area contributed by atoms with Crippen LogP contribution in [-0.2, 0) is 24.2 Å². The van der Waals surface area contributed by atoms with Crippen molar-refractivity contribution in [2.75, 3.05) is 20.2 Å². The number of ether oxygens (including phenoxy) is 1.